The fraction of sp³-hybridized carbons (Fsp3) is 0.412. The van der Waals surface area contributed by atoms with Crippen LogP contribution < -0.4 is 0 Å². The van der Waals surface area contributed by atoms with Gasteiger partial charge in [0.15, 0.2) is 0 Å². The summed E-state index contributed by atoms with van der Waals surface area (Å²) < 4.78 is 6.45. The number of allylic oxidation sites excluding steroid dienone is 2. The fourth-order valence-corrected chi connectivity index (χ4v) is 31.6. The zero-order chi connectivity index (χ0) is 51.1. The summed E-state index contributed by atoms with van der Waals surface area (Å²) in [5.74, 6) is 0.882. The topological polar surface area (TPSA) is 0 Å². The Morgan fingerprint density at radius 2 is 0.614 bits per heavy atom. The molecule has 0 aliphatic heterocycles. The number of rotatable bonds is 10. The quantitative estimate of drug-likeness (QED) is 0.120. The van der Waals surface area contributed by atoms with Crippen LogP contribution in [0.4, 0.5) is 0 Å². The van der Waals surface area contributed by atoms with Crippen molar-refractivity contribution in [2.24, 2.45) is 11.8 Å². The summed E-state index contributed by atoms with van der Waals surface area (Å²) in [6.45, 7) is 40.4. The van der Waals surface area contributed by atoms with Gasteiger partial charge in [-0.1, -0.05) is 0 Å². The van der Waals surface area contributed by atoms with Crippen LogP contribution in [-0.4, -0.2) is 6.88 Å². The van der Waals surface area contributed by atoms with Gasteiger partial charge in [-0.25, -0.2) is 0 Å². The van der Waals surface area contributed by atoms with Crippen LogP contribution in [0, 0.1) is 11.8 Å². The van der Waals surface area contributed by atoms with Gasteiger partial charge in [-0.15, -0.1) is 0 Å². The third-order valence-corrected chi connectivity index (χ3v) is 34.2. The first kappa shape index (κ1) is 52.2. The normalized spacial score (nSPS) is 17.5. The molecular weight excluding hydrogens is 936 g/mol. The summed E-state index contributed by atoms with van der Waals surface area (Å²) in [5.41, 5.74) is 26.1. The molecule has 0 saturated carbocycles. The number of fused-ring (bicyclic) bond motifs is 2. The molecule has 366 valence electrons. The molecule has 0 fully saturated rings. The Bertz CT molecular complexity index is 2840. The van der Waals surface area contributed by atoms with Crippen LogP contribution in [0.1, 0.15) is 175 Å². The molecule has 4 unspecified atom stereocenters. The third-order valence-electron chi connectivity index (χ3n) is 16.9. The zero-order valence-electron chi connectivity index (χ0n) is 46.6. The predicted molar refractivity (Wildman–Crippen MR) is 310 cm³/mol. The molecule has 2 heteroatoms. The van der Waals surface area contributed by atoms with Gasteiger partial charge in [-0.3, -0.25) is 0 Å². The van der Waals surface area contributed by atoms with E-state index in [2.05, 4.69) is 260 Å². The molecule has 0 heterocycles. The molecule has 0 aromatic heterocycles. The van der Waals surface area contributed by atoms with E-state index >= 15 is 0 Å². The van der Waals surface area contributed by atoms with Gasteiger partial charge in [0.1, 0.15) is 0 Å². The fourth-order valence-electron chi connectivity index (χ4n) is 12.2. The van der Waals surface area contributed by atoms with Crippen LogP contribution in [-0.2, 0) is 39.1 Å². The van der Waals surface area contributed by atoms with E-state index in [1.807, 2.05) is 0 Å². The van der Waals surface area contributed by atoms with E-state index in [0.717, 1.165) is 12.8 Å². The molecule has 0 nitrogen and oxygen atoms in total. The maximum absolute atomic E-state index is 4.36. The first-order chi connectivity index (χ1) is 32.5. The maximum atomic E-state index is 2.89. The monoisotopic (exact) mass is 1020 g/mol. The molecule has 0 N–H and O–H groups in total. The standard InChI is InChI=1S/2C33H39.2CH3.H2Si.Zr/c2*1-9-22(2)25-20-30-28(23-10-14-26(15-11-23)32(3,4)5)18-19-29(31(30)21-25)24-12-16-27(17-13-24)33(6,7)8;;;;/h2*10-22H,9H2,1-8H3;2*1H3;1H2;. The molecule has 0 bridgehead atoms. The molecular formula is C68H86SiZr. The van der Waals surface area contributed by atoms with Gasteiger partial charge >= 0.3 is 432 Å². The summed E-state index contributed by atoms with van der Waals surface area (Å²) in [7, 11) is 0. The Labute approximate surface area is 428 Å². The van der Waals surface area contributed by atoms with Gasteiger partial charge in [0.05, 0.1) is 0 Å². The van der Waals surface area contributed by atoms with Gasteiger partial charge < -0.3 is 0 Å². The Hall–Kier alpha value is -4.10. The molecule has 4 atom stereocenters. The van der Waals surface area contributed by atoms with Crippen molar-refractivity contribution in [3.05, 3.63) is 177 Å². The molecule has 6 aromatic carbocycles. The first-order valence-electron chi connectivity index (χ1n) is 26.8. The number of hydrogen-bond acceptors (Lipinski definition) is 0. The van der Waals surface area contributed by atoms with E-state index in [-0.39, 0.29) is 21.7 Å². The van der Waals surface area contributed by atoms with Gasteiger partial charge in [-0.2, -0.15) is 0 Å². The van der Waals surface area contributed by atoms with Crippen LogP contribution in [0.2, 0.25) is 9.26 Å². The van der Waals surface area contributed by atoms with Gasteiger partial charge in [0.2, 0.25) is 0 Å². The van der Waals surface area contributed by atoms with Crippen LogP contribution in [0.5, 0.6) is 0 Å². The van der Waals surface area contributed by atoms with Crippen LogP contribution in [0.25, 0.3) is 56.7 Å². The molecule has 8 rings (SSSR count). The summed E-state index contributed by atoms with van der Waals surface area (Å²) in [4.78, 5) is 0. The molecule has 0 amide bonds. The van der Waals surface area contributed by atoms with Crippen molar-refractivity contribution in [3.8, 4) is 44.5 Å². The first-order valence-corrected chi connectivity index (χ1v) is 40.5. The summed E-state index contributed by atoms with van der Waals surface area (Å²) in [6.07, 6.45) is 7.69. The van der Waals surface area contributed by atoms with Crippen molar-refractivity contribution in [2.75, 3.05) is 0 Å². The van der Waals surface area contributed by atoms with Crippen LogP contribution in [0.15, 0.2) is 132 Å². The molecule has 0 saturated heterocycles. The third kappa shape index (κ3) is 9.65. The van der Waals surface area contributed by atoms with Gasteiger partial charge in [0, 0.05) is 0 Å². The second kappa shape index (κ2) is 18.4. The second-order valence-electron chi connectivity index (χ2n) is 27.0. The van der Waals surface area contributed by atoms with E-state index in [1.54, 1.807) is 22.3 Å². The van der Waals surface area contributed by atoms with Crippen LogP contribution >= 0.6 is 0 Å². The predicted octanol–water partition coefficient (Wildman–Crippen LogP) is 19.5. The molecule has 2 aliphatic carbocycles. The van der Waals surface area contributed by atoms with Crippen LogP contribution in [0.3, 0.4) is 0 Å². The Morgan fingerprint density at radius 1 is 0.386 bits per heavy atom. The van der Waals surface area contributed by atoms with Crippen molar-refractivity contribution in [2.45, 2.75) is 162 Å². The Morgan fingerprint density at radius 3 is 0.843 bits per heavy atom. The van der Waals surface area contributed by atoms with Crippen molar-refractivity contribution < 1.29 is 17.4 Å². The average Bonchev–Trinajstić information content (AvgIpc) is 3.92. The summed E-state index contributed by atoms with van der Waals surface area (Å²) in [6, 6.07) is 48.4. The van der Waals surface area contributed by atoms with Crippen molar-refractivity contribution in [1.82, 2.24) is 0 Å². The van der Waals surface area contributed by atoms with E-state index in [0.29, 0.717) is 19.1 Å². The number of hydrogen-bond donors (Lipinski definition) is 0. The number of benzene rings is 6. The molecule has 6 aromatic rings. The van der Waals surface area contributed by atoms with E-state index < -0.39 is 17.4 Å². The van der Waals surface area contributed by atoms with Crippen molar-refractivity contribution >= 4 is 19.0 Å². The minimum atomic E-state index is -4.36. The molecule has 0 spiro atoms. The van der Waals surface area contributed by atoms with E-state index in [9.17, 15) is 0 Å². The average molecular weight is 1020 g/mol. The van der Waals surface area contributed by atoms with Crippen molar-refractivity contribution in [3.63, 3.8) is 0 Å². The second-order valence-corrected chi connectivity index (χ2v) is 57.5. The van der Waals surface area contributed by atoms with E-state index in [4.69, 9.17) is 0 Å². The molecule has 2 aliphatic rings. The van der Waals surface area contributed by atoms with E-state index in [1.165, 1.54) is 77.9 Å². The van der Waals surface area contributed by atoms with Crippen molar-refractivity contribution in [1.29, 1.82) is 0 Å². The molecule has 0 radical (unpaired) electrons. The minimum absolute atomic E-state index is 0.0806. The SMILES string of the molecule is CCC(C)C1=Cc2c(-c3ccc(C(C)(C)C)cc3)ccc(-c3ccc(C(C)(C)C)cc3)c2[CH]1[Zr]([CH3])([CH3])(=[SiH2])[CH]1C(C(C)CC)=Cc2c(-c3ccc(C(C)(C)C)cc3)ccc(-c3ccc(C(C)(C)C)cc3)c21. The molecule has 70 heavy (non-hydrogen) atoms. The van der Waals surface area contributed by atoms with Gasteiger partial charge in [0.25, 0.3) is 0 Å². The summed E-state index contributed by atoms with van der Waals surface area (Å²) >= 11 is -4.36. The Kier molecular flexibility index (Phi) is 13.8. The zero-order valence-corrected chi connectivity index (χ0v) is 50.5. The van der Waals surface area contributed by atoms with Gasteiger partial charge in [-0.05, 0) is 0 Å². The Balaban J connectivity index is 1.45. The summed E-state index contributed by atoms with van der Waals surface area (Å²) in [5, 5.41) is 0.